The first-order valence-electron chi connectivity index (χ1n) is 11.2. The third kappa shape index (κ3) is 5.92. The highest BCUT2D eigenvalue weighted by Crippen LogP contribution is 2.29. The number of nitrogens with zero attached hydrogens (tertiary/aromatic N) is 4. The van der Waals surface area contributed by atoms with E-state index in [9.17, 15) is 9.18 Å². The molecule has 0 bridgehead atoms. The Balaban J connectivity index is 1.68. The summed E-state index contributed by atoms with van der Waals surface area (Å²) in [5.74, 6) is 0.311. The van der Waals surface area contributed by atoms with Crippen LogP contribution in [0.5, 0.6) is 0 Å². The van der Waals surface area contributed by atoms with E-state index < -0.39 is 11.8 Å². The van der Waals surface area contributed by atoms with Crippen molar-refractivity contribution in [2.75, 3.05) is 34.5 Å². The second kappa shape index (κ2) is 10.6. The van der Waals surface area contributed by atoms with Crippen LogP contribution < -0.4 is 20.4 Å². The monoisotopic (exact) mass is 470 g/mol. The summed E-state index contributed by atoms with van der Waals surface area (Å²) < 4.78 is 13.7. The summed E-state index contributed by atoms with van der Waals surface area (Å²) >= 11 is 0. The predicted molar refractivity (Wildman–Crippen MR) is 139 cm³/mol. The van der Waals surface area contributed by atoms with Gasteiger partial charge in [-0.25, -0.2) is 19.1 Å². The Bertz CT molecular complexity index is 1300. The number of benzene rings is 3. The van der Waals surface area contributed by atoms with Crippen LogP contribution in [0.25, 0.3) is 0 Å². The molecule has 0 radical (unpaired) electrons. The zero-order valence-electron chi connectivity index (χ0n) is 19.8. The number of rotatable bonds is 7. The van der Waals surface area contributed by atoms with E-state index in [1.54, 1.807) is 24.4 Å². The molecule has 2 amide bonds. The minimum absolute atomic E-state index is 0.0434. The first kappa shape index (κ1) is 23.7. The van der Waals surface area contributed by atoms with Gasteiger partial charge < -0.3 is 15.5 Å². The standard InChI is InChI=1S/C27H27FN6O/c1-19(20-9-5-4-6-10-20)30-26-29-16-15-25(32-26)34(24-14-8-13-23(18-24)33(2)3)27(35)31-22-12-7-11-21(28)17-22/h4-19H,1-3H3,(H,31,35)(H,29,30,32)/t19-/m0/s1. The maximum Gasteiger partial charge on any atom is 0.332 e. The number of hydrogen-bond donors (Lipinski definition) is 2. The Morgan fingerprint density at radius 2 is 1.66 bits per heavy atom. The molecule has 3 aromatic carbocycles. The van der Waals surface area contributed by atoms with Gasteiger partial charge in [-0.1, -0.05) is 42.5 Å². The van der Waals surface area contributed by atoms with Crippen LogP contribution in [0.4, 0.5) is 38.0 Å². The van der Waals surface area contributed by atoms with Gasteiger partial charge in [0.05, 0.1) is 11.7 Å². The van der Waals surface area contributed by atoms with Crippen molar-refractivity contribution in [1.29, 1.82) is 0 Å². The van der Waals surface area contributed by atoms with Gasteiger partial charge in [-0.2, -0.15) is 4.98 Å². The molecule has 0 aliphatic rings. The van der Waals surface area contributed by atoms with Crippen LogP contribution in [-0.2, 0) is 0 Å². The second-order valence-corrected chi connectivity index (χ2v) is 8.21. The predicted octanol–water partition coefficient (Wildman–Crippen LogP) is 6.23. The van der Waals surface area contributed by atoms with E-state index in [1.807, 2.05) is 80.5 Å². The first-order valence-corrected chi connectivity index (χ1v) is 11.2. The average Bonchev–Trinajstić information content (AvgIpc) is 2.85. The Kier molecular flexibility index (Phi) is 7.21. The molecule has 1 atom stereocenters. The SMILES string of the molecule is C[C@H](Nc1nccc(N(C(=O)Nc2cccc(F)c2)c2cccc(N(C)C)c2)n1)c1ccccc1. The lowest BCUT2D eigenvalue weighted by atomic mass is 10.1. The van der Waals surface area contributed by atoms with Gasteiger partial charge in [0.15, 0.2) is 0 Å². The normalized spacial score (nSPS) is 11.4. The Hall–Kier alpha value is -4.46. The van der Waals surface area contributed by atoms with Crippen molar-refractivity contribution in [1.82, 2.24) is 9.97 Å². The molecule has 1 aromatic heterocycles. The van der Waals surface area contributed by atoms with Crippen molar-refractivity contribution in [3.8, 4) is 0 Å². The minimum atomic E-state index is -0.479. The van der Waals surface area contributed by atoms with Crippen LogP contribution in [-0.4, -0.2) is 30.1 Å². The van der Waals surface area contributed by atoms with E-state index in [-0.39, 0.29) is 6.04 Å². The van der Waals surface area contributed by atoms with Crippen molar-refractivity contribution in [3.05, 3.63) is 103 Å². The van der Waals surface area contributed by atoms with Gasteiger partial charge in [-0.15, -0.1) is 0 Å². The van der Waals surface area contributed by atoms with E-state index in [0.29, 0.717) is 23.1 Å². The molecule has 0 aliphatic carbocycles. The number of amides is 2. The minimum Gasteiger partial charge on any atom is -0.378 e. The Morgan fingerprint density at radius 3 is 2.40 bits per heavy atom. The van der Waals surface area contributed by atoms with Gasteiger partial charge in [0.1, 0.15) is 11.6 Å². The molecular formula is C27H27FN6O. The number of aromatic nitrogens is 2. The van der Waals surface area contributed by atoms with Gasteiger partial charge in [-0.05, 0) is 48.9 Å². The maximum absolute atomic E-state index is 13.7. The highest BCUT2D eigenvalue weighted by Gasteiger charge is 2.21. The van der Waals surface area contributed by atoms with Gasteiger partial charge >= 0.3 is 6.03 Å². The number of halogens is 1. The molecule has 178 valence electrons. The van der Waals surface area contributed by atoms with E-state index in [0.717, 1.165) is 11.3 Å². The maximum atomic E-state index is 13.7. The third-order valence-corrected chi connectivity index (χ3v) is 5.40. The Morgan fingerprint density at radius 1 is 0.914 bits per heavy atom. The fraction of sp³-hybridized carbons (Fsp3) is 0.148. The summed E-state index contributed by atoms with van der Waals surface area (Å²) in [5.41, 5.74) is 2.94. The quantitative estimate of drug-likeness (QED) is 0.335. The molecule has 0 spiro atoms. The van der Waals surface area contributed by atoms with Crippen molar-refractivity contribution in [2.24, 2.45) is 0 Å². The first-order chi connectivity index (χ1) is 16.9. The molecule has 8 heteroatoms. The number of urea groups is 1. The average molecular weight is 471 g/mol. The summed E-state index contributed by atoms with van der Waals surface area (Å²) in [6, 6.07) is 24.4. The number of nitrogens with one attached hydrogen (secondary N) is 2. The molecule has 35 heavy (non-hydrogen) atoms. The third-order valence-electron chi connectivity index (χ3n) is 5.40. The van der Waals surface area contributed by atoms with E-state index in [4.69, 9.17) is 0 Å². The molecule has 2 N–H and O–H groups in total. The van der Waals surface area contributed by atoms with Crippen LogP contribution in [0.3, 0.4) is 0 Å². The molecule has 0 fully saturated rings. The topological polar surface area (TPSA) is 73.4 Å². The van der Waals surface area contributed by atoms with Crippen molar-refractivity contribution < 1.29 is 9.18 Å². The largest absolute Gasteiger partial charge is 0.378 e. The van der Waals surface area contributed by atoms with Gasteiger partial charge in [-0.3, -0.25) is 0 Å². The summed E-state index contributed by atoms with van der Waals surface area (Å²) in [6.45, 7) is 2.01. The van der Waals surface area contributed by atoms with Gasteiger partial charge in [0, 0.05) is 37.7 Å². The Labute approximate surface area is 204 Å². The van der Waals surface area contributed by atoms with Crippen LogP contribution in [0.2, 0.25) is 0 Å². The number of hydrogen-bond acceptors (Lipinski definition) is 5. The molecule has 4 rings (SSSR count). The van der Waals surface area contributed by atoms with Crippen molar-refractivity contribution in [3.63, 3.8) is 0 Å². The molecule has 1 heterocycles. The fourth-order valence-electron chi connectivity index (χ4n) is 3.57. The zero-order valence-corrected chi connectivity index (χ0v) is 19.8. The van der Waals surface area contributed by atoms with Gasteiger partial charge in [0.2, 0.25) is 5.95 Å². The van der Waals surface area contributed by atoms with E-state index >= 15 is 0 Å². The molecule has 0 saturated heterocycles. The lowest BCUT2D eigenvalue weighted by Crippen LogP contribution is -2.32. The highest BCUT2D eigenvalue weighted by atomic mass is 19.1. The molecule has 7 nitrogen and oxygen atoms in total. The molecule has 0 unspecified atom stereocenters. The van der Waals surface area contributed by atoms with Crippen molar-refractivity contribution >= 4 is 34.9 Å². The summed E-state index contributed by atoms with van der Waals surface area (Å²) in [4.78, 5) is 25.8. The number of carbonyl (C=O) groups excluding carboxylic acids is 1. The van der Waals surface area contributed by atoms with Crippen LogP contribution in [0, 0.1) is 5.82 Å². The molecule has 0 saturated carbocycles. The highest BCUT2D eigenvalue weighted by molar-refractivity contribution is 6.06. The zero-order chi connectivity index (χ0) is 24.8. The van der Waals surface area contributed by atoms with Crippen LogP contribution >= 0.6 is 0 Å². The smallest absolute Gasteiger partial charge is 0.332 e. The van der Waals surface area contributed by atoms with E-state index in [2.05, 4.69) is 20.6 Å². The molecule has 4 aromatic rings. The summed E-state index contributed by atoms with van der Waals surface area (Å²) in [7, 11) is 3.85. The lowest BCUT2D eigenvalue weighted by Gasteiger charge is -2.24. The van der Waals surface area contributed by atoms with Gasteiger partial charge in [0.25, 0.3) is 0 Å². The van der Waals surface area contributed by atoms with Crippen LogP contribution in [0.15, 0.2) is 91.1 Å². The lowest BCUT2D eigenvalue weighted by molar-refractivity contribution is 0.259. The molecule has 0 aliphatic heterocycles. The number of carbonyl (C=O) groups is 1. The summed E-state index contributed by atoms with van der Waals surface area (Å²) in [5, 5.41) is 6.06. The second-order valence-electron chi connectivity index (χ2n) is 8.21. The van der Waals surface area contributed by atoms with E-state index in [1.165, 1.54) is 17.0 Å². The van der Waals surface area contributed by atoms with Crippen molar-refractivity contribution in [2.45, 2.75) is 13.0 Å². The summed E-state index contributed by atoms with van der Waals surface area (Å²) in [6.07, 6.45) is 1.60. The molecular weight excluding hydrogens is 443 g/mol. The fourth-order valence-corrected chi connectivity index (χ4v) is 3.57. The van der Waals surface area contributed by atoms with Crippen LogP contribution in [0.1, 0.15) is 18.5 Å². The number of anilines is 5.